The summed E-state index contributed by atoms with van der Waals surface area (Å²) in [5.41, 5.74) is 13.8. The molecule has 0 bridgehead atoms. The number of nitrogens with two attached hydrogens (primary N) is 1. The van der Waals surface area contributed by atoms with Crippen LogP contribution in [0, 0.1) is 6.92 Å². The summed E-state index contributed by atoms with van der Waals surface area (Å²) in [5, 5.41) is 9.54. The van der Waals surface area contributed by atoms with Crippen molar-refractivity contribution >= 4 is 39.3 Å². The summed E-state index contributed by atoms with van der Waals surface area (Å²) in [6.45, 7) is 5.14. The van der Waals surface area contributed by atoms with Gasteiger partial charge in [0.25, 0.3) is 5.91 Å². The second kappa shape index (κ2) is 11.6. The summed E-state index contributed by atoms with van der Waals surface area (Å²) in [4.78, 5) is 25.1. The number of para-hydroxylation sites is 1. The van der Waals surface area contributed by atoms with Gasteiger partial charge in [0, 0.05) is 73.5 Å². The molecule has 3 N–H and O–H groups in total. The van der Waals surface area contributed by atoms with Crippen LogP contribution in [-0.4, -0.2) is 65.9 Å². The first-order chi connectivity index (χ1) is 22.9. The van der Waals surface area contributed by atoms with E-state index in [1.54, 1.807) is 13.4 Å². The Bertz CT molecular complexity index is 2130. The van der Waals surface area contributed by atoms with Gasteiger partial charge in [-0.3, -0.25) is 14.4 Å². The number of benzene rings is 2. The molecule has 47 heavy (non-hydrogen) atoms. The number of methoxy groups -OCH3 is 1. The summed E-state index contributed by atoms with van der Waals surface area (Å²) < 4.78 is 12.2. The van der Waals surface area contributed by atoms with E-state index in [9.17, 15) is 4.79 Å². The highest BCUT2D eigenvalue weighted by molar-refractivity contribution is 6.07. The minimum atomic E-state index is -0.204. The Hall–Kier alpha value is -5.16. The molecule has 0 aliphatic carbocycles. The second-order valence-electron chi connectivity index (χ2n) is 12.8. The molecule has 1 saturated heterocycles. The van der Waals surface area contributed by atoms with E-state index in [4.69, 9.17) is 15.5 Å². The van der Waals surface area contributed by atoms with Crippen LogP contribution in [0.25, 0.3) is 33.1 Å². The lowest BCUT2D eigenvalue weighted by Gasteiger charge is -2.39. The normalized spacial score (nSPS) is 17.3. The number of ether oxygens (including phenoxy) is 1. The molecule has 240 valence electrons. The third kappa shape index (κ3) is 5.11. The lowest BCUT2D eigenvalue weighted by Crippen LogP contribution is -2.45. The Morgan fingerprint density at radius 1 is 1.00 bits per heavy atom. The molecule has 0 radical (unpaired) electrons. The van der Waals surface area contributed by atoms with E-state index in [0.29, 0.717) is 35.0 Å². The van der Waals surface area contributed by atoms with Crippen LogP contribution in [0.1, 0.15) is 47.2 Å². The lowest BCUT2D eigenvalue weighted by molar-refractivity contribution is 0.101. The molecule has 1 unspecified atom stereocenters. The average Bonchev–Trinajstić information content (AvgIpc) is 3.77. The highest BCUT2D eigenvalue weighted by Gasteiger charge is 2.31. The van der Waals surface area contributed by atoms with Crippen LogP contribution in [0.3, 0.4) is 0 Å². The minimum Gasteiger partial charge on any atom is -0.495 e. The topological polar surface area (TPSA) is 121 Å². The number of nitrogens with zero attached hydrogens (tertiary/aromatic N) is 7. The van der Waals surface area contributed by atoms with Gasteiger partial charge in [0.05, 0.1) is 23.9 Å². The van der Waals surface area contributed by atoms with E-state index in [0.717, 1.165) is 84.1 Å². The Labute approximate surface area is 273 Å². The van der Waals surface area contributed by atoms with E-state index in [1.807, 2.05) is 60.1 Å². The Morgan fingerprint density at radius 2 is 1.81 bits per heavy atom. The number of nitrogen functional groups attached to an aromatic ring is 1. The number of anilines is 2. The molecule has 6 aromatic rings. The number of hydrogen-bond acceptors (Lipinski definition) is 7. The fourth-order valence-corrected chi connectivity index (χ4v) is 7.67. The first kappa shape index (κ1) is 29.3. The van der Waals surface area contributed by atoms with Crippen LogP contribution in [-0.2, 0) is 20.0 Å². The predicted molar refractivity (Wildman–Crippen MR) is 184 cm³/mol. The van der Waals surface area contributed by atoms with Crippen LogP contribution in [0.4, 0.5) is 11.5 Å². The van der Waals surface area contributed by atoms with Crippen molar-refractivity contribution in [3.63, 3.8) is 0 Å². The molecule has 0 spiro atoms. The Balaban J connectivity index is 1.05. The van der Waals surface area contributed by atoms with Crippen LogP contribution in [0.5, 0.6) is 5.75 Å². The molecule has 2 aromatic carbocycles. The number of likely N-dealkylation sites (tertiary alicyclic amines) is 1. The standard InChI is InChI=1S/C36H39N9O2/c1-22-16-27-19-26(12-15-45(27)41-22)43-13-10-25(11-14-43)44-20-28(33-34(37)38-21-39-35(33)44)23-8-9-29(32(18-23)47-3)40-36(46)31-17-24-6-4-5-7-30(24)42(31)2/h4-9,16-18,20-21,25-26H,10-15,19H2,1-3H3,(H,40,46)(H2,37,38,39). The highest BCUT2D eigenvalue weighted by atomic mass is 16.5. The molecule has 2 aliphatic rings. The molecule has 1 fully saturated rings. The van der Waals surface area contributed by atoms with E-state index < -0.39 is 0 Å². The van der Waals surface area contributed by atoms with E-state index in [1.165, 1.54) is 5.69 Å². The van der Waals surface area contributed by atoms with Crippen LogP contribution >= 0.6 is 0 Å². The van der Waals surface area contributed by atoms with Crippen molar-refractivity contribution < 1.29 is 9.53 Å². The molecule has 11 nitrogen and oxygen atoms in total. The summed E-state index contributed by atoms with van der Waals surface area (Å²) in [5.74, 6) is 0.801. The number of amides is 1. The van der Waals surface area contributed by atoms with Gasteiger partial charge in [-0.05, 0) is 62.1 Å². The van der Waals surface area contributed by atoms with E-state index in [2.05, 4.69) is 48.7 Å². The van der Waals surface area contributed by atoms with Crippen molar-refractivity contribution in [2.75, 3.05) is 31.2 Å². The number of nitrogens with one attached hydrogen (secondary N) is 1. The average molecular weight is 630 g/mol. The van der Waals surface area contributed by atoms with Crippen molar-refractivity contribution in [1.29, 1.82) is 0 Å². The van der Waals surface area contributed by atoms with Gasteiger partial charge in [-0.15, -0.1) is 0 Å². The van der Waals surface area contributed by atoms with Crippen molar-refractivity contribution in [3.8, 4) is 16.9 Å². The Morgan fingerprint density at radius 3 is 2.62 bits per heavy atom. The van der Waals surface area contributed by atoms with Crippen molar-refractivity contribution in [2.24, 2.45) is 7.05 Å². The van der Waals surface area contributed by atoms with Crippen LogP contribution in [0.2, 0.25) is 0 Å². The monoisotopic (exact) mass is 629 g/mol. The number of fused-ring (bicyclic) bond motifs is 3. The quantitative estimate of drug-likeness (QED) is 0.246. The Kier molecular flexibility index (Phi) is 7.20. The zero-order valence-electron chi connectivity index (χ0n) is 27.0. The zero-order chi connectivity index (χ0) is 32.2. The first-order valence-electron chi connectivity index (χ1n) is 16.3. The van der Waals surface area contributed by atoms with Gasteiger partial charge >= 0.3 is 0 Å². The third-order valence-electron chi connectivity index (χ3n) is 10.1. The number of carbonyl (C=O) groups excluding carboxylic acids is 1. The third-order valence-corrected chi connectivity index (χ3v) is 10.1. The van der Waals surface area contributed by atoms with Gasteiger partial charge in [0.15, 0.2) is 0 Å². The number of rotatable bonds is 6. The first-order valence-corrected chi connectivity index (χ1v) is 16.3. The number of aromatic nitrogens is 6. The van der Waals surface area contributed by atoms with Crippen molar-refractivity contribution in [2.45, 2.75) is 51.2 Å². The molecular formula is C36H39N9O2. The summed E-state index contributed by atoms with van der Waals surface area (Å²) in [6.07, 6.45) is 7.98. The fourth-order valence-electron chi connectivity index (χ4n) is 7.67. The summed E-state index contributed by atoms with van der Waals surface area (Å²) in [6, 6.07) is 18.8. The second-order valence-corrected chi connectivity index (χ2v) is 12.8. The smallest absolute Gasteiger partial charge is 0.272 e. The van der Waals surface area contributed by atoms with Gasteiger partial charge < -0.3 is 24.9 Å². The predicted octanol–water partition coefficient (Wildman–Crippen LogP) is 5.59. The maximum atomic E-state index is 13.4. The molecule has 2 aliphatic heterocycles. The van der Waals surface area contributed by atoms with Gasteiger partial charge in [-0.1, -0.05) is 24.3 Å². The number of piperidine rings is 1. The lowest BCUT2D eigenvalue weighted by atomic mass is 9.97. The van der Waals surface area contributed by atoms with Crippen molar-refractivity contribution in [1.82, 2.24) is 33.8 Å². The minimum absolute atomic E-state index is 0.204. The maximum absolute atomic E-state index is 13.4. The zero-order valence-corrected chi connectivity index (χ0v) is 27.0. The molecule has 0 saturated carbocycles. The summed E-state index contributed by atoms with van der Waals surface area (Å²) >= 11 is 0. The molecular weight excluding hydrogens is 590 g/mol. The van der Waals surface area contributed by atoms with E-state index in [-0.39, 0.29) is 5.91 Å². The summed E-state index contributed by atoms with van der Waals surface area (Å²) in [7, 11) is 3.51. The van der Waals surface area contributed by atoms with Crippen molar-refractivity contribution in [3.05, 3.63) is 84.2 Å². The molecule has 1 atom stereocenters. The molecule has 8 rings (SSSR count). The SMILES string of the molecule is COc1cc(-c2cn(C3CCN(C4CCn5nc(C)cc5C4)CC3)c3ncnc(N)c23)ccc1NC(=O)c1cc2ccccc2n1C. The molecule has 1 amide bonds. The van der Waals surface area contributed by atoms with Gasteiger partial charge in [-0.25, -0.2) is 9.97 Å². The van der Waals surface area contributed by atoms with Crippen LogP contribution < -0.4 is 15.8 Å². The largest absolute Gasteiger partial charge is 0.495 e. The molecule has 6 heterocycles. The van der Waals surface area contributed by atoms with Gasteiger partial charge in [-0.2, -0.15) is 5.10 Å². The molecule has 11 heteroatoms. The van der Waals surface area contributed by atoms with Gasteiger partial charge in [0.2, 0.25) is 0 Å². The van der Waals surface area contributed by atoms with Gasteiger partial charge in [0.1, 0.15) is 29.2 Å². The van der Waals surface area contributed by atoms with Crippen LogP contribution in [0.15, 0.2) is 67.1 Å². The maximum Gasteiger partial charge on any atom is 0.272 e. The number of carbonyl (C=O) groups is 1. The molecule has 4 aromatic heterocycles. The van der Waals surface area contributed by atoms with E-state index >= 15 is 0 Å². The number of hydrogen-bond donors (Lipinski definition) is 2. The highest BCUT2D eigenvalue weighted by Crippen LogP contribution is 2.40. The fraction of sp³-hybridized carbons (Fsp3) is 0.333. The number of aryl methyl sites for hydroxylation is 3.